The molecule has 0 aromatic rings. The lowest BCUT2D eigenvalue weighted by molar-refractivity contribution is -0.0157. The van der Waals surface area contributed by atoms with Crippen LogP contribution in [0.1, 0.15) is 84.0 Å². The highest BCUT2D eigenvalue weighted by Gasteiger charge is 2.22. The maximum atomic E-state index is 11.2. The van der Waals surface area contributed by atoms with E-state index in [9.17, 15) is 9.59 Å². The van der Waals surface area contributed by atoms with Crippen LogP contribution in [0.3, 0.4) is 0 Å². The van der Waals surface area contributed by atoms with E-state index in [1.165, 1.54) is 51.4 Å². The van der Waals surface area contributed by atoms with E-state index >= 15 is 0 Å². The molecule has 0 N–H and O–H groups in total. The van der Waals surface area contributed by atoms with Gasteiger partial charge in [0.15, 0.2) is 0 Å². The molecule has 1 saturated heterocycles. The van der Waals surface area contributed by atoms with Crippen molar-refractivity contribution in [1.29, 1.82) is 0 Å². The highest BCUT2D eigenvalue weighted by molar-refractivity contribution is 5.77. The zero-order valence-electron chi connectivity index (χ0n) is 13.8. The van der Waals surface area contributed by atoms with Crippen molar-refractivity contribution < 1.29 is 23.8 Å². The molecular formula is C17H30O5. The summed E-state index contributed by atoms with van der Waals surface area (Å²) in [6, 6.07) is 0. The quantitative estimate of drug-likeness (QED) is 0.292. The molecule has 0 amide bonds. The van der Waals surface area contributed by atoms with E-state index in [-0.39, 0.29) is 12.7 Å². The van der Waals surface area contributed by atoms with Gasteiger partial charge in [-0.25, -0.2) is 9.59 Å². The maximum absolute atomic E-state index is 11.2. The molecule has 1 aliphatic rings. The molecule has 0 saturated carbocycles. The highest BCUT2D eigenvalue weighted by atomic mass is 16.8. The Kier molecular flexibility index (Phi) is 10.5. The van der Waals surface area contributed by atoms with Gasteiger partial charge in [0.25, 0.3) is 0 Å². The summed E-state index contributed by atoms with van der Waals surface area (Å²) in [5.41, 5.74) is 0. The molecule has 128 valence electrons. The van der Waals surface area contributed by atoms with E-state index in [1.807, 2.05) is 0 Å². The summed E-state index contributed by atoms with van der Waals surface area (Å²) in [7, 11) is 0. The summed E-state index contributed by atoms with van der Waals surface area (Å²) < 4.78 is 14.1. The minimum absolute atomic E-state index is 0.199. The van der Waals surface area contributed by atoms with Gasteiger partial charge >= 0.3 is 12.3 Å². The number of cyclic esters (lactones) is 4. The van der Waals surface area contributed by atoms with Crippen LogP contribution in [-0.2, 0) is 14.2 Å². The predicted molar refractivity (Wildman–Crippen MR) is 83.8 cm³/mol. The summed E-state index contributed by atoms with van der Waals surface area (Å²) in [5, 5.41) is 0. The van der Waals surface area contributed by atoms with Crippen molar-refractivity contribution in [2.45, 2.75) is 90.1 Å². The minimum Gasteiger partial charge on any atom is -0.434 e. The number of hydrogen-bond donors (Lipinski definition) is 0. The third kappa shape index (κ3) is 9.64. The Balaban J connectivity index is 1.95. The molecule has 5 heteroatoms. The van der Waals surface area contributed by atoms with Crippen molar-refractivity contribution >= 4 is 12.3 Å². The zero-order valence-corrected chi connectivity index (χ0v) is 13.8. The monoisotopic (exact) mass is 314 g/mol. The maximum Gasteiger partial charge on any atom is 0.518 e. The first-order chi connectivity index (χ1) is 10.7. The molecule has 1 heterocycles. The lowest BCUT2D eigenvalue weighted by Gasteiger charge is -2.19. The second-order valence-corrected chi connectivity index (χ2v) is 5.95. The first-order valence-electron chi connectivity index (χ1n) is 8.77. The summed E-state index contributed by atoms with van der Waals surface area (Å²) in [6.45, 7) is 2.48. The summed E-state index contributed by atoms with van der Waals surface area (Å²) in [6.07, 6.45) is 12.0. The Morgan fingerprint density at radius 1 is 0.864 bits per heavy atom. The van der Waals surface area contributed by atoms with Gasteiger partial charge in [0, 0.05) is 6.42 Å². The Labute approximate surface area is 133 Å². The molecule has 0 aromatic carbocycles. The van der Waals surface area contributed by atoms with E-state index in [4.69, 9.17) is 9.47 Å². The lowest BCUT2D eigenvalue weighted by atomic mass is 10.0. The van der Waals surface area contributed by atoms with Crippen LogP contribution in [0.2, 0.25) is 0 Å². The Morgan fingerprint density at radius 2 is 1.45 bits per heavy atom. The first-order valence-corrected chi connectivity index (χ1v) is 8.77. The van der Waals surface area contributed by atoms with Crippen LogP contribution in [0, 0.1) is 0 Å². The number of unbranched alkanes of at least 4 members (excludes halogenated alkanes) is 9. The van der Waals surface area contributed by atoms with Crippen molar-refractivity contribution in [1.82, 2.24) is 0 Å². The molecule has 1 fully saturated rings. The van der Waals surface area contributed by atoms with Crippen LogP contribution in [0.4, 0.5) is 9.59 Å². The first kappa shape index (κ1) is 18.8. The average Bonchev–Trinajstić information content (AvgIpc) is 2.47. The van der Waals surface area contributed by atoms with Crippen molar-refractivity contribution in [2.24, 2.45) is 0 Å². The second-order valence-electron chi connectivity index (χ2n) is 5.95. The number of ether oxygens (including phenoxy) is 3. The fourth-order valence-corrected chi connectivity index (χ4v) is 2.65. The van der Waals surface area contributed by atoms with Gasteiger partial charge in [-0.15, -0.1) is 0 Å². The van der Waals surface area contributed by atoms with Gasteiger partial charge in [-0.3, -0.25) is 0 Å². The fraction of sp³-hybridized carbons (Fsp3) is 0.882. The molecule has 0 aromatic heterocycles. The number of carbonyl (C=O) groups excluding carboxylic acids is 2. The van der Waals surface area contributed by atoms with Crippen molar-refractivity contribution in [3.8, 4) is 0 Å². The van der Waals surface area contributed by atoms with E-state index in [0.29, 0.717) is 6.42 Å². The van der Waals surface area contributed by atoms with Gasteiger partial charge in [-0.1, -0.05) is 64.7 Å². The smallest absolute Gasteiger partial charge is 0.434 e. The fourth-order valence-electron chi connectivity index (χ4n) is 2.65. The molecule has 0 aliphatic carbocycles. The second kappa shape index (κ2) is 12.3. The molecule has 1 atom stereocenters. The van der Waals surface area contributed by atoms with Gasteiger partial charge in [-0.2, -0.15) is 0 Å². The van der Waals surface area contributed by atoms with Crippen molar-refractivity contribution in [3.63, 3.8) is 0 Å². The van der Waals surface area contributed by atoms with Crippen LogP contribution >= 0.6 is 0 Å². The molecular weight excluding hydrogens is 284 g/mol. The number of hydrogen-bond acceptors (Lipinski definition) is 5. The van der Waals surface area contributed by atoms with E-state index in [1.54, 1.807) is 0 Å². The van der Waals surface area contributed by atoms with E-state index in [2.05, 4.69) is 11.7 Å². The SMILES string of the molecule is CCCCCCCCCCCCC1CCOC(=O)OC(=O)O1. The molecule has 1 unspecified atom stereocenters. The van der Waals surface area contributed by atoms with Gasteiger partial charge in [0.2, 0.25) is 0 Å². The molecule has 22 heavy (non-hydrogen) atoms. The Morgan fingerprint density at radius 3 is 2.09 bits per heavy atom. The molecule has 1 aliphatic heterocycles. The molecule has 0 bridgehead atoms. The molecule has 0 radical (unpaired) electrons. The highest BCUT2D eigenvalue weighted by Crippen LogP contribution is 2.16. The average molecular weight is 314 g/mol. The Bertz CT molecular complexity index is 316. The van der Waals surface area contributed by atoms with Gasteiger partial charge in [0.05, 0.1) is 6.61 Å². The van der Waals surface area contributed by atoms with Crippen LogP contribution in [0.25, 0.3) is 0 Å². The van der Waals surface area contributed by atoms with E-state index in [0.717, 1.165) is 19.3 Å². The number of carbonyl (C=O) groups is 2. The van der Waals surface area contributed by atoms with Crippen molar-refractivity contribution in [2.75, 3.05) is 6.61 Å². The summed E-state index contributed by atoms with van der Waals surface area (Å²) in [5.74, 6) is 0. The van der Waals surface area contributed by atoms with Gasteiger partial charge in [-0.05, 0) is 12.8 Å². The topological polar surface area (TPSA) is 61.8 Å². The van der Waals surface area contributed by atoms with Gasteiger partial charge < -0.3 is 14.2 Å². The van der Waals surface area contributed by atoms with E-state index < -0.39 is 12.3 Å². The number of rotatable bonds is 11. The van der Waals surface area contributed by atoms with Gasteiger partial charge in [0.1, 0.15) is 6.10 Å². The normalized spacial score (nSPS) is 18.9. The summed E-state index contributed by atoms with van der Waals surface area (Å²) in [4.78, 5) is 22.0. The van der Waals surface area contributed by atoms with Crippen molar-refractivity contribution in [3.05, 3.63) is 0 Å². The standard InChI is InChI=1S/C17H30O5/c1-2-3-4-5-6-7-8-9-10-11-12-15-13-14-20-16(18)22-17(19)21-15/h15H,2-14H2,1H3. The predicted octanol–water partition coefficient (Wildman–Crippen LogP) is 5.36. The Hall–Kier alpha value is -1.26. The third-order valence-electron chi connectivity index (χ3n) is 3.97. The molecule has 1 rings (SSSR count). The third-order valence-corrected chi connectivity index (χ3v) is 3.97. The van der Waals surface area contributed by atoms with Crippen LogP contribution in [-0.4, -0.2) is 25.0 Å². The lowest BCUT2D eigenvalue weighted by Crippen LogP contribution is -2.27. The summed E-state index contributed by atoms with van der Waals surface area (Å²) >= 11 is 0. The minimum atomic E-state index is -0.970. The van der Waals surface area contributed by atoms with Crippen LogP contribution in [0.15, 0.2) is 0 Å². The van der Waals surface area contributed by atoms with Crippen LogP contribution in [0.5, 0.6) is 0 Å². The molecule has 5 nitrogen and oxygen atoms in total. The molecule has 0 spiro atoms. The van der Waals surface area contributed by atoms with Crippen LogP contribution < -0.4 is 0 Å². The largest absolute Gasteiger partial charge is 0.518 e. The zero-order chi connectivity index (χ0) is 16.0.